The monoisotopic (exact) mass is 508 g/mol. The SMILES string of the molecule is S.S.c1cc(Oc2ccc(-c3cnc([C@@H]4CCCN4)[nH]3)cc2)cc(-c2cnc([C@@H]3CCCN3)[nH]2)c1. The van der Waals surface area contributed by atoms with E-state index in [0.717, 1.165) is 71.6 Å². The molecule has 2 saturated heterocycles. The van der Waals surface area contributed by atoms with Crippen LogP contribution >= 0.6 is 27.0 Å². The van der Waals surface area contributed by atoms with Gasteiger partial charge >= 0.3 is 0 Å². The first-order valence-electron chi connectivity index (χ1n) is 11.8. The van der Waals surface area contributed by atoms with E-state index in [1.54, 1.807) is 0 Å². The number of aromatic amines is 2. The molecule has 0 saturated carbocycles. The van der Waals surface area contributed by atoms with E-state index >= 15 is 0 Å². The smallest absolute Gasteiger partial charge is 0.128 e. The van der Waals surface area contributed by atoms with E-state index in [2.05, 4.69) is 48.8 Å². The standard InChI is InChI=1S/C26H28N6O.2H2S/c1-4-18(24-16-30-26(32-24)22-7-3-13-28-22)14-20(5-1)33-19-10-8-17(9-11-19)23-15-29-25(31-23)21-6-2-12-27-21;;/h1,4-5,8-11,14-16,21-22,27-28H,2-3,6-7,12-13H2,(H,29,31)(H,30,32);2*1H2/t21-,22-;;/m0../s1. The molecule has 0 bridgehead atoms. The van der Waals surface area contributed by atoms with E-state index in [1.165, 1.54) is 12.8 Å². The zero-order chi connectivity index (χ0) is 22.0. The molecule has 0 unspecified atom stereocenters. The van der Waals surface area contributed by atoms with Crippen molar-refractivity contribution in [1.29, 1.82) is 0 Å². The highest BCUT2D eigenvalue weighted by molar-refractivity contribution is 7.59. The van der Waals surface area contributed by atoms with Gasteiger partial charge < -0.3 is 25.3 Å². The Kier molecular flexibility index (Phi) is 8.22. The largest absolute Gasteiger partial charge is 0.457 e. The highest BCUT2D eigenvalue weighted by atomic mass is 32.1. The van der Waals surface area contributed by atoms with Crippen LogP contribution in [0.25, 0.3) is 22.5 Å². The fourth-order valence-corrected chi connectivity index (χ4v) is 4.72. The maximum atomic E-state index is 6.14. The second-order valence-corrected chi connectivity index (χ2v) is 8.82. The molecule has 184 valence electrons. The van der Waals surface area contributed by atoms with E-state index in [4.69, 9.17) is 4.74 Å². The molecule has 0 spiro atoms. The third-order valence-corrected chi connectivity index (χ3v) is 6.52. The van der Waals surface area contributed by atoms with Crippen LogP contribution in [-0.4, -0.2) is 33.0 Å². The fraction of sp³-hybridized carbons (Fsp3) is 0.308. The first-order chi connectivity index (χ1) is 16.3. The number of nitrogens with zero attached hydrogens (tertiary/aromatic N) is 2. The molecule has 6 rings (SSSR count). The van der Waals surface area contributed by atoms with Crippen molar-refractivity contribution in [2.24, 2.45) is 0 Å². The molecule has 2 aliphatic rings. The van der Waals surface area contributed by atoms with Gasteiger partial charge in [-0.3, -0.25) is 0 Å². The summed E-state index contributed by atoms with van der Waals surface area (Å²) in [6.45, 7) is 2.12. The summed E-state index contributed by atoms with van der Waals surface area (Å²) < 4.78 is 6.14. The van der Waals surface area contributed by atoms with Crippen LogP contribution in [0.5, 0.6) is 11.5 Å². The van der Waals surface area contributed by atoms with Crippen molar-refractivity contribution in [3.05, 3.63) is 72.6 Å². The van der Waals surface area contributed by atoms with Gasteiger partial charge in [-0.25, -0.2) is 9.97 Å². The van der Waals surface area contributed by atoms with E-state index in [-0.39, 0.29) is 27.0 Å². The van der Waals surface area contributed by atoms with E-state index in [1.807, 2.05) is 42.7 Å². The van der Waals surface area contributed by atoms with Gasteiger partial charge in [0.1, 0.15) is 23.1 Å². The van der Waals surface area contributed by atoms with Crippen LogP contribution < -0.4 is 15.4 Å². The highest BCUT2D eigenvalue weighted by Crippen LogP contribution is 2.30. The lowest BCUT2D eigenvalue weighted by molar-refractivity contribution is 0.483. The van der Waals surface area contributed by atoms with Gasteiger partial charge in [0, 0.05) is 5.56 Å². The molecular weight excluding hydrogens is 476 g/mol. The second kappa shape index (κ2) is 11.3. The molecule has 0 amide bonds. The summed E-state index contributed by atoms with van der Waals surface area (Å²) in [6.07, 6.45) is 8.48. The number of ether oxygens (including phenoxy) is 1. The first kappa shape index (κ1) is 25.4. The molecule has 2 atom stereocenters. The molecule has 0 aliphatic carbocycles. The molecule has 4 aromatic rings. The van der Waals surface area contributed by atoms with Gasteiger partial charge in [-0.1, -0.05) is 12.1 Å². The van der Waals surface area contributed by atoms with Gasteiger partial charge in [0.15, 0.2) is 0 Å². The minimum atomic E-state index is 0. The minimum absolute atomic E-state index is 0. The van der Waals surface area contributed by atoms with Gasteiger partial charge in [0.05, 0.1) is 35.9 Å². The number of benzene rings is 2. The summed E-state index contributed by atoms with van der Waals surface area (Å²) in [5.41, 5.74) is 4.19. The number of H-pyrrole nitrogens is 2. The summed E-state index contributed by atoms with van der Waals surface area (Å²) in [5.74, 6) is 3.63. The second-order valence-electron chi connectivity index (χ2n) is 8.82. The molecule has 2 fully saturated rings. The van der Waals surface area contributed by atoms with Crippen molar-refractivity contribution in [2.45, 2.75) is 37.8 Å². The van der Waals surface area contributed by atoms with Crippen molar-refractivity contribution in [3.63, 3.8) is 0 Å². The van der Waals surface area contributed by atoms with Crippen LogP contribution in [0.2, 0.25) is 0 Å². The molecule has 9 heteroatoms. The number of hydrogen-bond acceptors (Lipinski definition) is 5. The molecule has 35 heavy (non-hydrogen) atoms. The normalized spacial score (nSPS) is 19.2. The Balaban J connectivity index is 0.00000144. The van der Waals surface area contributed by atoms with Crippen LogP contribution in [0, 0.1) is 0 Å². The zero-order valence-corrected chi connectivity index (χ0v) is 21.5. The topological polar surface area (TPSA) is 90.7 Å². The average molecular weight is 509 g/mol. The van der Waals surface area contributed by atoms with Crippen LogP contribution in [0.4, 0.5) is 0 Å². The number of imidazole rings is 2. The molecule has 2 aliphatic heterocycles. The highest BCUT2D eigenvalue weighted by Gasteiger charge is 2.20. The number of hydrogen-bond donors (Lipinski definition) is 4. The first-order valence-corrected chi connectivity index (χ1v) is 11.8. The Morgan fingerprint density at radius 3 is 1.86 bits per heavy atom. The molecular formula is C26H32N6OS2. The number of nitrogens with one attached hydrogen (secondary N) is 4. The molecule has 4 heterocycles. The van der Waals surface area contributed by atoms with Crippen LogP contribution in [0.3, 0.4) is 0 Å². The van der Waals surface area contributed by atoms with Gasteiger partial charge in [-0.2, -0.15) is 27.0 Å². The third kappa shape index (κ3) is 5.59. The van der Waals surface area contributed by atoms with Crippen molar-refractivity contribution < 1.29 is 4.74 Å². The summed E-state index contributed by atoms with van der Waals surface area (Å²) in [6, 6.07) is 16.9. The van der Waals surface area contributed by atoms with Crippen LogP contribution in [0.15, 0.2) is 60.9 Å². The predicted octanol–water partition coefficient (Wildman–Crippen LogP) is 5.33. The van der Waals surface area contributed by atoms with E-state index in [0.29, 0.717) is 12.1 Å². The fourth-order valence-electron chi connectivity index (χ4n) is 4.72. The van der Waals surface area contributed by atoms with Crippen LogP contribution in [0.1, 0.15) is 49.4 Å². The van der Waals surface area contributed by atoms with Gasteiger partial charge in [-0.05, 0) is 80.7 Å². The van der Waals surface area contributed by atoms with Gasteiger partial charge in [-0.15, -0.1) is 0 Å². The van der Waals surface area contributed by atoms with Crippen molar-refractivity contribution in [2.75, 3.05) is 13.1 Å². The maximum Gasteiger partial charge on any atom is 0.128 e. The zero-order valence-electron chi connectivity index (χ0n) is 19.5. The molecule has 2 aromatic heterocycles. The van der Waals surface area contributed by atoms with Crippen molar-refractivity contribution in [1.82, 2.24) is 30.6 Å². The van der Waals surface area contributed by atoms with Crippen molar-refractivity contribution >= 4 is 27.0 Å². The molecule has 2 aromatic carbocycles. The van der Waals surface area contributed by atoms with Crippen molar-refractivity contribution in [3.8, 4) is 34.0 Å². The molecule has 4 N–H and O–H groups in total. The summed E-state index contributed by atoms with van der Waals surface area (Å²) in [5, 5.41) is 6.97. The lowest BCUT2D eigenvalue weighted by Gasteiger charge is -2.09. The Bertz CT molecular complexity index is 1230. The number of aromatic nitrogens is 4. The summed E-state index contributed by atoms with van der Waals surface area (Å²) in [7, 11) is 0. The van der Waals surface area contributed by atoms with Crippen LogP contribution in [-0.2, 0) is 0 Å². The van der Waals surface area contributed by atoms with Gasteiger partial charge in [0.25, 0.3) is 0 Å². The van der Waals surface area contributed by atoms with E-state index in [9.17, 15) is 0 Å². The quantitative estimate of drug-likeness (QED) is 0.282. The van der Waals surface area contributed by atoms with E-state index < -0.39 is 0 Å². The minimum Gasteiger partial charge on any atom is -0.457 e. The average Bonchev–Trinajstić information content (AvgIpc) is 3.65. The third-order valence-electron chi connectivity index (χ3n) is 6.52. The molecule has 7 nitrogen and oxygen atoms in total. The predicted molar refractivity (Wildman–Crippen MR) is 149 cm³/mol. The lowest BCUT2D eigenvalue weighted by atomic mass is 10.1. The summed E-state index contributed by atoms with van der Waals surface area (Å²) in [4.78, 5) is 16.1. The Labute approximate surface area is 219 Å². The Morgan fingerprint density at radius 2 is 1.29 bits per heavy atom. The lowest BCUT2D eigenvalue weighted by Crippen LogP contribution is -2.14. The van der Waals surface area contributed by atoms with Gasteiger partial charge in [0.2, 0.25) is 0 Å². The maximum absolute atomic E-state index is 6.14. The summed E-state index contributed by atoms with van der Waals surface area (Å²) >= 11 is 0. The Morgan fingerprint density at radius 1 is 0.686 bits per heavy atom. The Hall–Kier alpha value is -2.72. The number of rotatable bonds is 6. The molecule has 0 radical (unpaired) electrons.